The van der Waals surface area contributed by atoms with E-state index < -0.39 is 5.91 Å². The minimum atomic E-state index is -0.402. The zero-order valence-corrected chi connectivity index (χ0v) is 31.8. The van der Waals surface area contributed by atoms with Gasteiger partial charge in [-0.2, -0.15) is 0 Å². The van der Waals surface area contributed by atoms with Crippen molar-refractivity contribution in [3.8, 4) is 34.0 Å². The molecule has 12 heteroatoms. The molecule has 0 atom stereocenters. The van der Waals surface area contributed by atoms with Gasteiger partial charge in [-0.25, -0.2) is 4.98 Å². The molecule has 3 aliphatic heterocycles. The normalized spacial score (nSPS) is 17.8. The van der Waals surface area contributed by atoms with Gasteiger partial charge in [0.2, 0.25) is 11.8 Å². The number of nitrogens with zero attached hydrogens (tertiary/aromatic N) is 5. The van der Waals surface area contributed by atoms with E-state index in [0.717, 1.165) is 62.3 Å². The monoisotopic (exact) mass is 742 g/mol. The second kappa shape index (κ2) is 14.3. The molecule has 7 rings (SSSR count). The van der Waals surface area contributed by atoms with Crippen LogP contribution in [0.5, 0.6) is 11.6 Å². The van der Waals surface area contributed by atoms with Gasteiger partial charge < -0.3 is 19.7 Å². The van der Waals surface area contributed by atoms with Crippen molar-refractivity contribution in [1.29, 1.82) is 0 Å². The van der Waals surface area contributed by atoms with Gasteiger partial charge in [0.25, 0.3) is 5.91 Å². The van der Waals surface area contributed by atoms with E-state index in [4.69, 9.17) is 37.7 Å². The third-order valence-electron chi connectivity index (χ3n) is 10.8. The summed E-state index contributed by atoms with van der Waals surface area (Å²) < 4.78 is 11.4. The number of aromatic nitrogens is 2. The lowest BCUT2D eigenvalue weighted by atomic mass is 9.72. The average Bonchev–Trinajstić information content (AvgIpc) is 3.43. The van der Waals surface area contributed by atoms with Crippen LogP contribution in [0.2, 0.25) is 10.0 Å². The third-order valence-corrected chi connectivity index (χ3v) is 11.6. The van der Waals surface area contributed by atoms with Gasteiger partial charge in [-0.3, -0.25) is 24.4 Å². The fourth-order valence-corrected chi connectivity index (χ4v) is 8.48. The highest BCUT2D eigenvalue weighted by Gasteiger charge is 2.52. The summed E-state index contributed by atoms with van der Waals surface area (Å²) in [4.78, 5) is 41.1. The molecule has 52 heavy (non-hydrogen) atoms. The molecule has 3 fully saturated rings. The molecule has 4 aromatic rings. The van der Waals surface area contributed by atoms with Crippen molar-refractivity contribution in [3.63, 3.8) is 0 Å². The van der Waals surface area contributed by atoms with E-state index in [2.05, 4.69) is 33.9 Å². The van der Waals surface area contributed by atoms with Crippen molar-refractivity contribution in [2.45, 2.75) is 52.2 Å². The van der Waals surface area contributed by atoms with Crippen LogP contribution in [0, 0.1) is 5.41 Å². The van der Waals surface area contributed by atoms with E-state index >= 15 is 0 Å². The standard InChI is InChI=1S/C40H44Cl2N6O4/c1-25(49)47-23-40(24-47)21-46(22-40)19-26-13-14-31(45-38(26)52-5)30-11-6-9-28(35(30)41)29-10-7-12-32(36(29)42)44-37(50)33-17-34(51-4)27(18-43-33)20-48-16-8-15-39(48,2)3/h6-7,9-14,17-18H,8,15-16,19-24H2,1-5H3,(H,44,50). The van der Waals surface area contributed by atoms with Gasteiger partial charge >= 0.3 is 0 Å². The van der Waals surface area contributed by atoms with E-state index in [9.17, 15) is 9.59 Å². The number of halogens is 2. The number of methoxy groups -OCH3 is 2. The number of amides is 2. The Morgan fingerprint density at radius 3 is 2.27 bits per heavy atom. The molecule has 0 bridgehead atoms. The minimum Gasteiger partial charge on any atom is -0.496 e. The number of hydrogen-bond donors (Lipinski definition) is 1. The number of nitrogens with one attached hydrogen (secondary N) is 1. The van der Waals surface area contributed by atoms with Crippen molar-refractivity contribution in [3.05, 3.63) is 87.7 Å². The number of carbonyl (C=O) groups excluding carboxylic acids is 2. The molecule has 5 heterocycles. The van der Waals surface area contributed by atoms with Crippen LogP contribution in [0.15, 0.2) is 60.8 Å². The molecule has 1 N–H and O–H groups in total. The van der Waals surface area contributed by atoms with E-state index in [-0.39, 0.29) is 22.6 Å². The predicted molar refractivity (Wildman–Crippen MR) is 204 cm³/mol. The Balaban J connectivity index is 1.06. The molecule has 0 aliphatic carbocycles. The van der Waals surface area contributed by atoms with Gasteiger partial charge in [-0.15, -0.1) is 0 Å². The summed E-state index contributed by atoms with van der Waals surface area (Å²) in [7, 11) is 3.23. The van der Waals surface area contributed by atoms with Crippen molar-refractivity contribution >= 4 is 40.7 Å². The van der Waals surface area contributed by atoms with Gasteiger partial charge in [0.1, 0.15) is 11.4 Å². The Labute approximate surface area is 315 Å². The second-order valence-corrected chi connectivity index (χ2v) is 15.6. The van der Waals surface area contributed by atoms with E-state index in [0.29, 0.717) is 57.3 Å². The van der Waals surface area contributed by atoms with Crippen molar-refractivity contribution in [2.75, 3.05) is 52.3 Å². The number of carbonyl (C=O) groups is 2. The van der Waals surface area contributed by atoms with Crippen molar-refractivity contribution in [2.24, 2.45) is 5.41 Å². The van der Waals surface area contributed by atoms with E-state index in [1.54, 1.807) is 39.5 Å². The number of ether oxygens (including phenoxy) is 2. The van der Waals surface area contributed by atoms with Gasteiger partial charge in [-0.05, 0) is 45.4 Å². The molecule has 10 nitrogen and oxygen atoms in total. The summed E-state index contributed by atoms with van der Waals surface area (Å²) in [6.07, 6.45) is 4.02. The topological polar surface area (TPSA) is 100 Å². The molecular weight excluding hydrogens is 699 g/mol. The van der Waals surface area contributed by atoms with Gasteiger partial charge in [0.05, 0.1) is 35.6 Å². The van der Waals surface area contributed by atoms with Crippen molar-refractivity contribution < 1.29 is 19.1 Å². The highest BCUT2D eigenvalue weighted by molar-refractivity contribution is 6.39. The largest absolute Gasteiger partial charge is 0.496 e. The maximum atomic E-state index is 13.5. The summed E-state index contributed by atoms with van der Waals surface area (Å²) in [6.45, 7) is 12.1. The third kappa shape index (κ3) is 6.97. The first-order valence-corrected chi connectivity index (χ1v) is 18.3. The summed E-state index contributed by atoms with van der Waals surface area (Å²) in [5.74, 6) is 0.901. The van der Waals surface area contributed by atoms with Crippen LogP contribution in [-0.2, 0) is 17.9 Å². The van der Waals surface area contributed by atoms with Gasteiger partial charge in [-0.1, -0.05) is 59.6 Å². The zero-order valence-electron chi connectivity index (χ0n) is 30.3. The van der Waals surface area contributed by atoms with Gasteiger partial charge in [0.15, 0.2) is 0 Å². The molecule has 272 valence electrons. The first-order valence-electron chi connectivity index (χ1n) is 17.6. The molecule has 2 amide bonds. The molecule has 0 saturated carbocycles. The van der Waals surface area contributed by atoms with E-state index in [1.807, 2.05) is 47.4 Å². The number of rotatable bonds is 10. The lowest BCUT2D eigenvalue weighted by Gasteiger charge is -2.60. The highest BCUT2D eigenvalue weighted by Crippen LogP contribution is 2.43. The quantitative estimate of drug-likeness (QED) is 0.179. The number of likely N-dealkylation sites (tertiary alicyclic amines) is 3. The van der Waals surface area contributed by atoms with Crippen LogP contribution in [0.3, 0.4) is 0 Å². The zero-order chi connectivity index (χ0) is 36.8. The molecule has 1 spiro atoms. The molecule has 0 unspecified atom stereocenters. The molecular formula is C40H44Cl2N6O4. The Kier molecular flexibility index (Phi) is 9.95. The maximum Gasteiger partial charge on any atom is 0.274 e. The highest BCUT2D eigenvalue weighted by atomic mass is 35.5. The number of pyridine rings is 2. The van der Waals surface area contributed by atoms with Gasteiger partial charge in [0, 0.05) is 97.2 Å². The Morgan fingerprint density at radius 2 is 1.60 bits per heavy atom. The van der Waals surface area contributed by atoms with Crippen LogP contribution in [-0.4, -0.2) is 89.0 Å². The Morgan fingerprint density at radius 1 is 0.885 bits per heavy atom. The lowest BCUT2D eigenvalue weighted by molar-refractivity contribution is -0.157. The number of benzene rings is 2. The SMILES string of the molecule is COc1cc(C(=O)Nc2cccc(-c3cccc(-c4ccc(CN5CC6(C5)CN(C(C)=O)C6)c(OC)n4)c3Cl)c2Cl)ncc1CN1CCCC1(C)C. The molecule has 2 aromatic carbocycles. The molecule has 3 saturated heterocycles. The van der Waals surface area contributed by atoms with E-state index in [1.165, 1.54) is 0 Å². The average molecular weight is 744 g/mol. The second-order valence-electron chi connectivity index (χ2n) is 14.9. The molecule has 0 radical (unpaired) electrons. The smallest absolute Gasteiger partial charge is 0.274 e. The van der Waals surface area contributed by atoms with Crippen LogP contribution in [0.25, 0.3) is 22.4 Å². The van der Waals surface area contributed by atoms with Crippen LogP contribution in [0.1, 0.15) is 55.2 Å². The minimum absolute atomic E-state index is 0.107. The number of anilines is 1. The first kappa shape index (κ1) is 36.2. The lowest BCUT2D eigenvalue weighted by Crippen LogP contribution is -2.72. The van der Waals surface area contributed by atoms with Crippen molar-refractivity contribution in [1.82, 2.24) is 24.7 Å². The van der Waals surface area contributed by atoms with Crippen LogP contribution in [0.4, 0.5) is 5.69 Å². The summed E-state index contributed by atoms with van der Waals surface area (Å²) >= 11 is 14.0. The summed E-state index contributed by atoms with van der Waals surface area (Å²) in [6, 6.07) is 16.8. The van der Waals surface area contributed by atoms with Crippen LogP contribution < -0.4 is 14.8 Å². The summed E-state index contributed by atoms with van der Waals surface area (Å²) in [5.41, 5.74) is 5.67. The summed E-state index contributed by atoms with van der Waals surface area (Å²) in [5, 5.41) is 3.76. The molecule has 3 aliphatic rings. The fraction of sp³-hybridized carbons (Fsp3) is 0.400. The molecule has 2 aromatic heterocycles. The Bertz CT molecular complexity index is 2020. The fourth-order valence-electron chi connectivity index (χ4n) is 7.88. The Hall–Kier alpha value is -4.22. The number of hydrogen-bond acceptors (Lipinski definition) is 8. The van der Waals surface area contributed by atoms with Crippen LogP contribution >= 0.6 is 23.2 Å². The first-order chi connectivity index (χ1) is 24.9. The maximum absolute atomic E-state index is 13.5. The predicted octanol–water partition coefficient (Wildman–Crippen LogP) is 7.43.